The van der Waals surface area contributed by atoms with Crippen LogP contribution in [0.1, 0.15) is 20.7 Å². The molecule has 9 heteroatoms. The Bertz CT molecular complexity index is 266. The molecule has 0 aromatic carbocycles. The van der Waals surface area contributed by atoms with E-state index in [-0.39, 0.29) is 37.4 Å². The summed E-state index contributed by atoms with van der Waals surface area (Å²) in [5, 5.41) is 9.98. The first kappa shape index (κ1) is 19.0. The van der Waals surface area contributed by atoms with Crippen LogP contribution in [-0.4, -0.2) is 35.7 Å². The molecule has 0 radical (unpaired) electrons. The number of halogens is 3. The fraction of sp³-hybridized carbons (Fsp3) is 0.750. The standard InChI is InChI=1S/C8H13F3N2O3.Na.H/c9-8(10,11)7(16)13-5(6(14)15)3-1-2-4-12;;/h5H,1-4,12H2,(H,13,16)(H,14,15);;/q;+1;-1/t5-;;/m0../s1. The number of nitrogens with one attached hydrogen (secondary N) is 1. The third-order valence-corrected chi connectivity index (χ3v) is 1.81. The van der Waals surface area contributed by atoms with Crippen LogP contribution in [0.2, 0.25) is 0 Å². The van der Waals surface area contributed by atoms with Crippen molar-refractivity contribution in [1.29, 1.82) is 0 Å². The predicted molar refractivity (Wildman–Crippen MR) is 49.6 cm³/mol. The van der Waals surface area contributed by atoms with Gasteiger partial charge in [-0.25, -0.2) is 4.79 Å². The summed E-state index contributed by atoms with van der Waals surface area (Å²) in [6.07, 6.45) is -4.31. The van der Waals surface area contributed by atoms with Crippen LogP contribution in [0.3, 0.4) is 0 Å². The molecule has 0 aliphatic carbocycles. The Morgan fingerprint density at radius 2 is 1.88 bits per heavy atom. The summed E-state index contributed by atoms with van der Waals surface area (Å²) in [6.45, 7) is 0.319. The zero-order chi connectivity index (χ0) is 12.8. The van der Waals surface area contributed by atoms with Crippen molar-refractivity contribution in [2.45, 2.75) is 31.5 Å². The van der Waals surface area contributed by atoms with E-state index >= 15 is 0 Å². The van der Waals surface area contributed by atoms with Crippen molar-refractivity contribution in [1.82, 2.24) is 5.32 Å². The van der Waals surface area contributed by atoms with Crippen LogP contribution in [0.4, 0.5) is 13.2 Å². The van der Waals surface area contributed by atoms with Crippen molar-refractivity contribution in [3.05, 3.63) is 0 Å². The topological polar surface area (TPSA) is 92.4 Å². The largest absolute Gasteiger partial charge is 1.00 e. The zero-order valence-corrected chi connectivity index (χ0v) is 11.4. The Morgan fingerprint density at radius 1 is 1.35 bits per heavy atom. The first-order chi connectivity index (χ1) is 7.29. The quantitative estimate of drug-likeness (QED) is 0.362. The second kappa shape index (κ2) is 8.73. The fourth-order valence-electron chi connectivity index (χ4n) is 0.990. The number of nitrogens with two attached hydrogens (primary N) is 1. The molecule has 0 saturated heterocycles. The van der Waals surface area contributed by atoms with Crippen molar-refractivity contribution < 1.29 is 58.9 Å². The van der Waals surface area contributed by atoms with E-state index in [1.165, 1.54) is 5.32 Å². The van der Waals surface area contributed by atoms with Crippen LogP contribution in [0.15, 0.2) is 0 Å². The number of carboxylic acid groups (broad SMARTS) is 1. The Morgan fingerprint density at radius 3 is 2.24 bits per heavy atom. The minimum absolute atomic E-state index is 0. The third-order valence-electron chi connectivity index (χ3n) is 1.81. The van der Waals surface area contributed by atoms with Gasteiger partial charge in [0.15, 0.2) is 0 Å². The van der Waals surface area contributed by atoms with Gasteiger partial charge in [0.2, 0.25) is 0 Å². The maximum Gasteiger partial charge on any atom is 1.00 e. The minimum atomic E-state index is -5.07. The van der Waals surface area contributed by atoms with Crippen LogP contribution in [-0.2, 0) is 9.59 Å². The Labute approximate surface area is 120 Å². The molecule has 4 N–H and O–H groups in total. The first-order valence-corrected chi connectivity index (χ1v) is 4.59. The van der Waals surface area contributed by atoms with Crippen molar-refractivity contribution >= 4 is 11.9 Å². The van der Waals surface area contributed by atoms with Crippen molar-refractivity contribution in [3.63, 3.8) is 0 Å². The smallest absolute Gasteiger partial charge is 1.00 e. The molecule has 0 spiro atoms. The summed E-state index contributed by atoms with van der Waals surface area (Å²) in [4.78, 5) is 21.0. The number of carbonyl (C=O) groups excluding carboxylic acids is 1. The van der Waals surface area contributed by atoms with Gasteiger partial charge in [0.25, 0.3) is 0 Å². The van der Waals surface area contributed by atoms with Crippen LogP contribution in [0.25, 0.3) is 0 Å². The Hall–Kier alpha value is -0.310. The van der Waals surface area contributed by atoms with Gasteiger partial charge in [-0.3, -0.25) is 4.79 Å². The van der Waals surface area contributed by atoms with E-state index in [0.29, 0.717) is 19.4 Å². The van der Waals surface area contributed by atoms with Gasteiger partial charge in [-0.15, -0.1) is 0 Å². The average molecular weight is 266 g/mol. The SMILES string of the molecule is NCCCC[C@H](NC(=O)C(F)(F)F)C(=O)O.[H-].[Na+]. The summed E-state index contributed by atoms with van der Waals surface area (Å²) in [5.41, 5.74) is 5.15. The molecule has 0 aliphatic heterocycles. The Balaban J connectivity index is -0.00000112. The summed E-state index contributed by atoms with van der Waals surface area (Å²) in [6, 6.07) is -1.53. The van der Waals surface area contributed by atoms with Gasteiger partial charge in [-0.1, -0.05) is 0 Å². The van der Waals surface area contributed by atoms with E-state index in [1.54, 1.807) is 0 Å². The number of aliphatic carboxylic acids is 1. The summed E-state index contributed by atoms with van der Waals surface area (Å²) in [7, 11) is 0. The number of hydrogen-bond acceptors (Lipinski definition) is 3. The van der Waals surface area contributed by atoms with Crippen molar-refractivity contribution in [2.75, 3.05) is 6.54 Å². The maximum atomic E-state index is 11.8. The van der Waals surface area contributed by atoms with Crippen LogP contribution >= 0.6 is 0 Å². The number of alkyl halides is 3. The molecule has 5 nitrogen and oxygen atoms in total. The number of unbranched alkanes of at least 4 members (excludes halogenated alkanes) is 1. The van der Waals surface area contributed by atoms with E-state index in [2.05, 4.69) is 0 Å². The van der Waals surface area contributed by atoms with Crippen LogP contribution in [0.5, 0.6) is 0 Å². The molecular formula is C8H14F3N2NaO3. The molecule has 0 rings (SSSR count). The normalized spacial score (nSPS) is 12.5. The number of carbonyl (C=O) groups is 2. The monoisotopic (exact) mass is 266 g/mol. The van der Waals surface area contributed by atoms with Gasteiger partial charge in [0.1, 0.15) is 6.04 Å². The second-order valence-corrected chi connectivity index (χ2v) is 3.15. The number of amides is 1. The van der Waals surface area contributed by atoms with Gasteiger partial charge in [0.05, 0.1) is 0 Å². The second-order valence-electron chi connectivity index (χ2n) is 3.15. The van der Waals surface area contributed by atoms with E-state index in [1.807, 2.05) is 0 Å². The van der Waals surface area contributed by atoms with E-state index in [4.69, 9.17) is 10.8 Å². The average Bonchev–Trinajstić information content (AvgIpc) is 2.14. The van der Waals surface area contributed by atoms with E-state index in [9.17, 15) is 22.8 Å². The molecule has 0 saturated carbocycles. The van der Waals surface area contributed by atoms with Gasteiger partial charge in [-0.2, -0.15) is 13.2 Å². The molecule has 17 heavy (non-hydrogen) atoms. The fourth-order valence-corrected chi connectivity index (χ4v) is 0.990. The molecule has 1 amide bonds. The summed E-state index contributed by atoms with van der Waals surface area (Å²) in [5.74, 6) is -3.73. The third kappa shape index (κ3) is 8.42. The van der Waals surface area contributed by atoms with Crippen LogP contribution in [0, 0.1) is 0 Å². The number of carboxylic acids is 1. The molecule has 0 fully saturated rings. The molecule has 0 aliphatic rings. The molecule has 0 heterocycles. The van der Waals surface area contributed by atoms with Gasteiger partial charge >= 0.3 is 47.6 Å². The molecular weight excluding hydrogens is 252 g/mol. The summed E-state index contributed by atoms with van der Waals surface area (Å²) >= 11 is 0. The van der Waals surface area contributed by atoms with Gasteiger partial charge in [0, 0.05) is 0 Å². The molecule has 1 atom stereocenters. The molecule has 0 aromatic rings. The molecule has 96 valence electrons. The van der Waals surface area contributed by atoms with Crippen molar-refractivity contribution in [2.24, 2.45) is 5.73 Å². The van der Waals surface area contributed by atoms with E-state index < -0.39 is 24.1 Å². The first-order valence-electron chi connectivity index (χ1n) is 4.59. The van der Waals surface area contributed by atoms with E-state index in [0.717, 1.165) is 0 Å². The van der Waals surface area contributed by atoms with Gasteiger partial charge < -0.3 is 17.6 Å². The minimum Gasteiger partial charge on any atom is -1.00 e. The summed E-state index contributed by atoms with van der Waals surface area (Å²) < 4.78 is 35.5. The number of rotatable bonds is 6. The van der Waals surface area contributed by atoms with Crippen LogP contribution < -0.4 is 40.6 Å². The van der Waals surface area contributed by atoms with Crippen molar-refractivity contribution in [3.8, 4) is 0 Å². The number of hydrogen-bond donors (Lipinski definition) is 3. The molecule has 0 aromatic heterocycles. The van der Waals surface area contributed by atoms with Gasteiger partial charge in [-0.05, 0) is 25.8 Å². The molecule has 0 unspecified atom stereocenters. The maximum absolute atomic E-state index is 11.8. The zero-order valence-electron chi connectivity index (χ0n) is 10.4. The molecule has 0 bridgehead atoms. The Kier molecular flexibility index (Phi) is 9.78. The predicted octanol–water partition coefficient (Wildman–Crippen LogP) is -2.64.